The van der Waals surface area contributed by atoms with Crippen LogP contribution in [-0.2, 0) is 12.8 Å². The molecule has 0 unspecified atom stereocenters. The first kappa shape index (κ1) is 24.3. The van der Waals surface area contributed by atoms with E-state index in [0.29, 0.717) is 5.75 Å². The van der Waals surface area contributed by atoms with Crippen LogP contribution in [0, 0.1) is 0 Å². The Morgan fingerprint density at radius 3 is 2.34 bits per heavy atom. The summed E-state index contributed by atoms with van der Waals surface area (Å²) in [6.45, 7) is 0.233. The van der Waals surface area contributed by atoms with Crippen molar-refractivity contribution in [2.45, 2.75) is 12.8 Å². The first-order valence-electron chi connectivity index (χ1n) is 10.3. The second-order valence-corrected chi connectivity index (χ2v) is 8.36. The van der Waals surface area contributed by atoms with E-state index >= 15 is 0 Å². The van der Waals surface area contributed by atoms with Crippen molar-refractivity contribution in [1.82, 2.24) is 9.97 Å². The highest BCUT2D eigenvalue weighted by Crippen LogP contribution is 2.46. The van der Waals surface area contributed by atoms with Crippen LogP contribution in [0.3, 0.4) is 0 Å². The summed E-state index contributed by atoms with van der Waals surface area (Å²) >= 11 is 3.36. The third-order valence-electron chi connectivity index (χ3n) is 5.11. The van der Waals surface area contributed by atoms with Crippen LogP contribution in [0.4, 0.5) is 19.1 Å². The molecule has 0 spiro atoms. The molecule has 4 rings (SSSR count). The molecule has 0 atom stereocenters. The average molecular weight is 546 g/mol. The molecule has 1 aromatic heterocycles. The fourth-order valence-corrected chi connectivity index (χ4v) is 3.80. The van der Waals surface area contributed by atoms with Gasteiger partial charge in [-0.3, -0.25) is 0 Å². The van der Waals surface area contributed by atoms with E-state index in [2.05, 4.69) is 25.9 Å². The minimum Gasteiger partial charge on any atom is -0.507 e. The third-order valence-corrected chi connectivity index (χ3v) is 5.64. The van der Waals surface area contributed by atoms with Crippen LogP contribution >= 0.6 is 15.9 Å². The largest absolute Gasteiger partial charge is 0.507 e. The molecule has 0 aliphatic rings. The Labute approximate surface area is 207 Å². The summed E-state index contributed by atoms with van der Waals surface area (Å²) in [6, 6.07) is 17.9. The molecule has 35 heavy (non-hydrogen) atoms. The molecule has 3 aromatic carbocycles. The summed E-state index contributed by atoms with van der Waals surface area (Å²) in [5.74, 6) is -0.408. The minimum absolute atomic E-state index is 0.0292. The van der Waals surface area contributed by atoms with Crippen molar-refractivity contribution >= 4 is 21.9 Å². The number of hydrogen-bond donors (Lipinski definition) is 2. The van der Waals surface area contributed by atoms with Crippen LogP contribution in [0.5, 0.6) is 17.2 Å². The zero-order valence-corrected chi connectivity index (χ0v) is 19.9. The average Bonchev–Trinajstić information content (AvgIpc) is 2.83. The molecule has 6 nitrogen and oxygen atoms in total. The van der Waals surface area contributed by atoms with Gasteiger partial charge in [-0.25, -0.2) is 9.97 Å². The fraction of sp³-hybridized carbons (Fsp3) is 0.120. The van der Waals surface area contributed by atoms with E-state index in [1.54, 1.807) is 12.1 Å². The Kier molecular flexibility index (Phi) is 6.83. The molecule has 0 aliphatic heterocycles. The third kappa shape index (κ3) is 5.32. The van der Waals surface area contributed by atoms with Gasteiger partial charge in [0.05, 0.1) is 12.8 Å². The number of aromatic hydroxyl groups is 1. The molecule has 10 heteroatoms. The SMILES string of the molecule is COc1ccccc1-c1c(-c2ccc(OCc3ccc(Br)cc3)cc2O)nc(N)nc1C(F)(F)F. The molecule has 1 heterocycles. The molecule has 0 aliphatic carbocycles. The van der Waals surface area contributed by atoms with Gasteiger partial charge in [0.2, 0.25) is 5.95 Å². The number of phenols is 1. The Morgan fingerprint density at radius 1 is 0.971 bits per heavy atom. The number of nitrogens with two attached hydrogens (primary N) is 1. The number of para-hydroxylation sites is 1. The first-order valence-corrected chi connectivity index (χ1v) is 11.1. The van der Waals surface area contributed by atoms with Gasteiger partial charge in [-0.15, -0.1) is 0 Å². The number of benzene rings is 3. The number of hydrogen-bond acceptors (Lipinski definition) is 6. The van der Waals surface area contributed by atoms with Gasteiger partial charge < -0.3 is 20.3 Å². The van der Waals surface area contributed by atoms with Gasteiger partial charge in [-0.1, -0.05) is 46.3 Å². The molecule has 4 aromatic rings. The highest BCUT2D eigenvalue weighted by Gasteiger charge is 2.39. The Bertz CT molecular complexity index is 1360. The number of halogens is 4. The van der Waals surface area contributed by atoms with Gasteiger partial charge >= 0.3 is 6.18 Å². The van der Waals surface area contributed by atoms with Crippen molar-refractivity contribution in [2.75, 3.05) is 12.8 Å². The zero-order chi connectivity index (χ0) is 25.2. The summed E-state index contributed by atoms with van der Waals surface area (Å²) < 4.78 is 54.0. The van der Waals surface area contributed by atoms with Crippen molar-refractivity contribution in [1.29, 1.82) is 0 Å². The van der Waals surface area contributed by atoms with Crippen LogP contribution in [0.25, 0.3) is 22.4 Å². The molecular formula is C25H19BrF3N3O3. The molecular weight excluding hydrogens is 527 g/mol. The maximum atomic E-state index is 14.0. The smallest absolute Gasteiger partial charge is 0.434 e. The number of nitrogens with zero attached hydrogens (tertiary/aromatic N) is 2. The van der Waals surface area contributed by atoms with Gasteiger partial charge in [-0.05, 0) is 35.9 Å². The quantitative estimate of drug-likeness (QED) is 0.288. The van der Waals surface area contributed by atoms with Crippen molar-refractivity contribution in [3.63, 3.8) is 0 Å². The number of rotatable bonds is 6. The van der Waals surface area contributed by atoms with Crippen LogP contribution in [-0.4, -0.2) is 22.2 Å². The normalized spacial score (nSPS) is 11.3. The van der Waals surface area contributed by atoms with Gasteiger partial charge in [0.15, 0.2) is 5.69 Å². The molecule has 0 fully saturated rings. The van der Waals surface area contributed by atoms with E-state index in [0.717, 1.165) is 10.0 Å². The minimum atomic E-state index is -4.84. The molecule has 0 saturated carbocycles. The van der Waals surface area contributed by atoms with E-state index in [1.807, 2.05) is 24.3 Å². The van der Waals surface area contributed by atoms with Crippen molar-refractivity contribution in [3.8, 4) is 39.6 Å². The lowest BCUT2D eigenvalue weighted by Crippen LogP contribution is -2.14. The summed E-state index contributed by atoms with van der Waals surface area (Å²) in [5, 5.41) is 10.8. The maximum Gasteiger partial charge on any atom is 0.434 e. The fourth-order valence-electron chi connectivity index (χ4n) is 3.53. The van der Waals surface area contributed by atoms with Crippen molar-refractivity contribution in [3.05, 3.63) is 82.5 Å². The van der Waals surface area contributed by atoms with Gasteiger partial charge in [-0.2, -0.15) is 13.2 Å². The predicted molar refractivity (Wildman–Crippen MR) is 129 cm³/mol. The van der Waals surface area contributed by atoms with E-state index in [1.165, 1.54) is 37.4 Å². The highest BCUT2D eigenvalue weighted by atomic mass is 79.9. The number of alkyl halides is 3. The summed E-state index contributed by atoms with van der Waals surface area (Å²) in [4.78, 5) is 7.54. The monoisotopic (exact) mass is 545 g/mol. The van der Waals surface area contributed by atoms with E-state index < -0.39 is 17.8 Å². The van der Waals surface area contributed by atoms with Crippen molar-refractivity contribution in [2.24, 2.45) is 0 Å². The predicted octanol–water partition coefficient (Wildman–Crippen LogP) is 6.47. The summed E-state index contributed by atoms with van der Waals surface area (Å²) in [5.41, 5.74) is 4.90. The van der Waals surface area contributed by atoms with Crippen LogP contribution in [0.1, 0.15) is 11.3 Å². The number of phenolic OH excluding ortho intramolecular Hbond substituents is 1. The zero-order valence-electron chi connectivity index (χ0n) is 18.3. The lowest BCUT2D eigenvalue weighted by Gasteiger charge is -2.19. The number of anilines is 1. The molecule has 0 bridgehead atoms. The lowest BCUT2D eigenvalue weighted by molar-refractivity contribution is -0.140. The molecule has 0 saturated heterocycles. The summed E-state index contributed by atoms with van der Waals surface area (Å²) in [6.07, 6.45) is -4.84. The molecule has 0 radical (unpaired) electrons. The standard InChI is InChI=1S/C25H19BrF3N3O3/c1-34-20-5-3-2-4-18(20)21-22(31-24(30)32-23(21)25(27,28)29)17-11-10-16(12-19(17)33)35-13-14-6-8-15(26)9-7-14/h2-12,33H,13H2,1H3,(H2,30,31,32). The molecule has 3 N–H and O–H groups in total. The van der Waals surface area contributed by atoms with Gasteiger partial charge in [0, 0.05) is 27.2 Å². The maximum absolute atomic E-state index is 14.0. The number of nitrogen functional groups attached to an aromatic ring is 1. The highest BCUT2D eigenvalue weighted by molar-refractivity contribution is 9.10. The van der Waals surface area contributed by atoms with Gasteiger partial charge in [0.25, 0.3) is 0 Å². The molecule has 0 amide bonds. The second kappa shape index (κ2) is 9.83. The molecule has 180 valence electrons. The van der Waals surface area contributed by atoms with E-state index in [-0.39, 0.29) is 40.5 Å². The Hall–Kier alpha value is -3.79. The Morgan fingerprint density at radius 2 is 1.69 bits per heavy atom. The number of aromatic nitrogens is 2. The number of ether oxygens (including phenoxy) is 2. The Balaban J connectivity index is 1.80. The second-order valence-electron chi connectivity index (χ2n) is 7.45. The van der Waals surface area contributed by atoms with Crippen molar-refractivity contribution < 1.29 is 27.8 Å². The van der Waals surface area contributed by atoms with Gasteiger partial charge in [0.1, 0.15) is 23.9 Å². The first-order chi connectivity index (χ1) is 16.7. The number of methoxy groups -OCH3 is 1. The summed E-state index contributed by atoms with van der Waals surface area (Å²) in [7, 11) is 1.35. The van der Waals surface area contributed by atoms with Crippen LogP contribution < -0.4 is 15.2 Å². The van der Waals surface area contributed by atoms with Crippen LogP contribution in [0.2, 0.25) is 0 Å². The lowest BCUT2D eigenvalue weighted by atomic mass is 9.96. The van der Waals surface area contributed by atoms with E-state index in [4.69, 9.17) is 15.2 Å². The van der Waals surface area contributed by atoms with Crippen LogP contribution in [0.15, 0.2) is 71.2 Å². The topological polar surface area (TPSA) is 90.5 Å². The van der Waals surface area contributed by atoms with E-state index in [9.17, 15) is 18.3 Å².